The number of aromatic nitrogens is 1. The van der Waals surface area contributed by atoms with Gasteiger partial charge in [-0.1, -0.05) is 18.2 Å². The van der Waals surface area contributed by atoms with Crippen LogP contribution < -0.4 is 10.6 Å². The zero-order chi connectivity index (χ0) is 18.1. The SMILES string of the molecule is Cc1ccc2c(CCNC(=O)NC3CCc4cc(F)ccc43)c[nH]c2c1. The van der Waals surface area contributed by atoms with E-state index in [2.05, 4.69) is 40.7 Å². The van der Waals surface area contributed by atoms with Gasteiger partial charge in [0.2, 0.25) is 0 Å². The summed E-state index contributed by atoms with van der Waals surface area (Å²) in [4.78, 5) is 15.5. The van der Waals surface area contributed by atoms with Gasteiger partial charge in [0.25, 0.3) is 0 Å². The molecule has 26 heavy (non-hydrogen) atoms. The molecule has 1 atom stereocenters. The van der Waals surface area contributed by atoms with Crippen molar-refractivity contribution >= 4 is 16.9 Å². The zero-order valence-electron chi connectivity index (χ0n) is 14.7. The Morgan fingerprint density at radius 1 is 1.27 bits per heavy atom. The van der Waals surface area contributed by atoms with Crippen LogP contribution in [0.4, 0.5) is 9.18 Å². The summed E-state index contributed by atoms with van der Waals surface area (Å²) in [6.07, 6.45) is 4.38. The topological polar surface area (TPSA) is 56.9 Å². The van der Waals surface area contributed by atoms with Crippen molar-refractivity contribution in [3.05, 3.63) is 70.7 Å². The molecule has 1 unspecified atom stereocenters. The number of hydrogen-bond donors (Lipinski definition) is 3. The molecule has 0 fully saturated rings. The molecule has 0 spiro atoms. The fourth-order valence-electron chi connectivity index (χ4n) is 3.76. The largest absolute Gasteiger partial charge is 0.361 e. The maximum Gasteiger partial charge on any atom is 0.315 e. The number of benzene rings is 2. The summed E-state index contributed by atoms with van der Waals surface area (Å²) in [6, 6.07) is 10.9. The number of amides is 2. The van der Waals surface area contributed by atoms with Crippen molar-refractivity contribution in [3.63, 3.8) is 0 Å². The number of carbonyl (C=O) groups excluding carboxylic acids is 1. The highest BCUT2D eigenvalue weighted by atomic mass is 19.1. The van der Waals surface area contributed by atoms with Crippen LogP contribution in [0, 0.1) is 12.7 Å². The summed E-state index contributed by atoms with van der Waals surface area (Å²) in [5.41, 5.74) is 5.55. The number of aromatic amines is 1. The third kappa shape index (κ3) is 3.29. The van der Waals surface area contributed by atoms with E-state index in [4.69, 9.17) is 0 Å². The minimum atomic E-state index is -0.220. The summed E-state index contributed by atoms with van der Waals surface area (Å²) in [5, 5.41) is 7.13. The van der Waals surface area contributed by atoms with Crippen molar-refractivity contribution in [1.82, 2.24) is 15.6 Å². The standard InChI is InChI=1S/C21H22FN3O/c1-13-2-5-18-15(12-24-20(18)10-13)8-9-23-21(26)25-19-7-3-14-11-16(22)4-6-17(14)19/h2,4-6,10-12,19,24H,3,7-9H2,1H3,(H2,23,25,26). The predicted octanol–water partition coefficient (Wildman–Crippen LogP) is 4.14. The fourth-order valence-corrected chi connectivity index (χ4v) is 3.76. The molecule has 0 radical (unpaired) electrons. The Hall–Kier alpha value is -2.82. The van der Waals surface area contributed by atoms with Crippen molar-refractivity contribution in [2.75, 3.05) is 6.54 Å². The van der Waals surface area contributed by atoms with E-state index in [9.17, 15) is 9.18 Å². The molecule has 3 aromatic rings. The molecule has 2 amide bonds. The van der Waals surface area contributed by atoms with Gasteiger partial charge >= 0.3 is 6.03 Å². The van der Waals surface area contributed by atoms with Crippen LogP contribution in [-0.2, 0) is 12.8 Å². The molecule has 2 aromatic carbocycles. The number of hydrogen-bond acceptors (Lipinski definition) is 1. The van der Waals surface area contributed by atoms with Gasteiger partial charge in [-0.25, -0.2) is 9.18 Å². The van der Waals surface area contributed by atoms with Crippen LogP contribution in [0.3, 0.4) is 0 Å². The Morgan fingerprint density at radius 3 is 3.04 bits per heavy atom. The van der Waals surface area contributed by atoms with Crippen LogP contribution in [0.25, 0.3) is 10.9 Å². The molecular formula is C21H22FN3O. The first kappa shape index (κ1) is 16.6. The molecule has 5 heteroatoms. The van der Waals surface area contributed by atoms with Crippen LogP contribution in [0.1, 0.15) is 34.7 Å². The van der Waals surface area contributed by atoms with Gasteiger partial charge < -0.3 is 15.6 Å². The zero-order valence-corrected chi connectivity index (χ0v) is 14.7. The van der Waals surface area contributed by atoms with Gasteiger partial charge in [-0.2, -0.15) is 0 Å². The number of fused-ring (bicyclic) bond motifs is 2. The first-order chi connectivity index (χ1) is 12.6. The lowest BCUT2D eigenvalue weighted by molar-refractivity contribution is 0.237. The molecule has 4 rings (SSSR count). The summed E-state index contributed by atoms with van der Waals surface area (Å²) in [5.74, 6) is -0.220. The molecular weight excluding hydrogens is 329 g/mol. The van der Waals surface area contributed by atoms with Crippen LogP contribution in [0.5, 0.6) is 0 Å². The highest BCUT2D eigenvalue weighted by Crippen LogP contribution is 2.31. The third-order valence-electron chi connectivity index (χ3n) is 5.09. The molecule has 1 heterocycles. The minimum Gasteiger partial charge on any atom is -0.361 e. The van der Waals surface area contributed by atoms with Gasteiger partial charge in [-0.15, -0.1) is 0 Å². The number of rotatable bonds is 4. The van der Waals surface area contributed by atoms with Crippen LogP contribution in [-0.4, -0.2) is 17.6 Å². The molecule has 0 bridgehead atoms. The highest BCUT2D eigenvalue weighted by molar-refractivity contribution is 5.84. The van der Waals surface area contributed by atoms with E-state index in [1.807, 2.05) is 6.20 Å². The second-order valence-electron chi connectivity index (χ2n) is 6.95. The number of halogens is 1. The van der Waals surface area contributed by atoms with Gasteiger partial charge in [-0.05, 0) is 66.6 Å². The summed E-state index contributed by atoms with van der Waals surface area (Å²) < 4.78 is 13.3. The number of nitrogens with one attached hydrogen (secondary N) is 3. The number of H-pyrrole nitrogens is 1. The first-order valence-corrected chi connectivity index (χ1v) is 8.99. The summed E-state index contributed by atoms with van der Waals surface area (Å²) in [7, 11) is 0. The van der Waals surface area contributed by atoms with Gasteiger partial charge in [0.1, 0.15) is 5.82 Å². The van der Waals surface area contributed by atoms with Crippen molar-refractivity contribution in [3.8, 4) is 0 Å². The first-order valence-electron chi connectivity index (χ1n) is 8.99. The van der Waals surface area contributed by atoms with E-state index in [1.165, 1.54) is 22.6 Å². The van der Waals surface area contributed by atoms with Crippen LogP contribution in [0.2, 0.25) is 0 Å². The molecule has 134 valence electrons. The number of carbonyl (C=O) groups is 1. The van der Waals surface area contributed by atoms with Crippen molar-refractivity contribution in [1.29, 1.82) is 0 Å². The van der Waals surface area contributed by atoms with Crippen molar-refractivity contribution in [2.45, 2.75) is 32.2 Å². The fraction of sp³-hybridized carbons (Fsp3) is 0.286. The minimum absolute atomic E-state index is 0.0401. The van der Waals surface area contributed by atoms with E-state index in [0.717, 1.165) is 35.9 Å². The monoisotopic (exact) mass is 351 g/mol. The van der Waals surface area contributed by atoms with Gasteiger partial charge in [0, 0.05) is 23.6 Å². The molecule has 3 N–H and O–H groups in total. The molecule has 1 aliphatic carbocycles. The van der Waals surface area contributed by atoms with Gasteiger partial charge in [0.05, 0.1) is 6.04 Å². The lowest BCUT2D eigenvalue weighted by Gasteiger charge is -2.15. The number of aryl methyl sites for hydroxylation is 2. The highest BCUT2D eigenvalue weighted by Gasteiger charge is 2.24. The molecule has 4 nitrogen and oxygen atoms in total. The van der Waals surface area contributed by atoms with E-state index in [1.54, 1.807) is 12.1 Å². The quantitative estimate of drug-likeness (QED) is 0.650. The average Bonchev–Trinajstić information content (AvgIpc) is 3.18. The normalized spacial score (nSPS) is 15.8. The average molecular weight is 351 g/mol. The number of urea groups is 1. The summed E-state index contributed by atoms with van der Waals surface area (Å²) in [6.45, 7) is 2.64. The van der Waals surface area contributed by atoms with Gasteiger partial charge in [0.15, 0.2) is 0 Å². The predicted molar refractivity (Wildman–Crippen MR) is 101 cm³/mol. The van der Waals surface area contributed by atoms with Crippen molar-refractivity contribution in [2.24, 2.45) is 0 Å². The molecule has 0 saturated heterocycles. The second kappa shape index (κ2) is 6.83. The smallest absolute Gasteiger partial charge is 0.315 e. The summed E-state index contributed by atoms with van der Waals surface area (Å²) >= 11 is 0. The Bertz CT molecular complexity index is 963. The maximum absolute atomic E-state index is 13.3. The lowest BCUT2D eigenvalue weighted by atomic mass is 10.1. The van der Waals surface area contributed by atoms with E-state index >= 15 is 0 Å². The van der Waals surface area contributed by atoms with Crippen LogP contribution in [0.15, 0.2) is 42.6 Å². The van der Waals surface area contributed by atoms with Crippen molar-refractivity contribution < 1.29 is 9.18 Å². The second-order valence-corrected chi connectivity index (χ2v) is 6.95. The maximum atomic E-state index is 13.3. The van der Waals surface area contributed by atoms with Gasteiger partial charge in [-0.3, -0.25) is 0 Å². The Labute approximate surface area is 151 Å². The van der Waals surface area contributed by atoms with E-state index < -0.39 is 0 Å². The molecule has 1 aromatic heterocycles. The van der Waals surface area contributed by atoms with E-state index in [0.29, 0.717) is 6.54 Å². The van der Waals surface area contributed by atoms with E-state index in [-0.39, 0.29) is 17.9 Å². The Morgan fingerprint density at radius 2 is 2.15 bits per heavy atom. The lowest BCUT2D eigenvalue weighted by Crippen LogP contribution is -2.38. The third-order valence-corrected chi connectivity index (χ3v) is 5.09. The Balaban J connectivity index is 1.32. The molecule has 0 saturated carbocycles. The molecule has 0 aliphatic heterocycles. The van der Waals surface area contributed by atoms with Crippen LogP contribution >= 0.6 is 0 Å². The Kier molecular flexibility index (Phi) is 4.37. The molecule has 1 aliphatic rings.